The van der Waals surface area contributed by atoms with Crippen molar-refractivity contribution in [2.45, 2.75) is 59.8 Å². The molecule has 0 spiro atoms. The van der Waals surface area contributed by atoms with Crippen molar-refractivity contribution in [2.24, 2.45) is 16.2 Å². The zero-order chi connectivity index (χ0) is 18.3. The smallest absolute Gasteiger partial charge is 0.231 e. The number of benzene rings is 1. The Kier molecular flexibility index (Phi) is 4.42. The number of fused-ring (bicyclic) bond motifs is 2. The Balaban J connectivity index is 1.72. The summed E-state index contributed by atoms with van der Waals surface area (Å²) in [6.07, 6.45) is 4.08. The minimum atomic E-state index is -0.588. The summed E-state index contributed by atoms with van der Waals surface area (Å²) in [4.78, 5) is 25.6. The molecule has 0 aromatic heterocycles. The molecule has 4 heteroatoms. The fraction of sp³-hybridized carbons (Fsp3) is 0.619. The number of carbonyl (C=O) groups is 2. The molecule has 1 aromatic carbocycles. The Morgan fingerprint density at radius 1 is 1.16 bits per heavy atom. The van der Waals surface area contributed by atoms with Gasteiger partial charge in [-0.3, -0.25) is 9.59 Å². The van der Waals surface area contributed by atoms with Crippen molar-refractivity contribution in [1.82, 2.24) is 0 Å². The van der Waals surface area contributed by atoms with E-state index in [4.69, 9.17) is 4.74 Å². The summed E-state index contributed by atoms with van der Waals surface area (Å²) in [5.41, 5.74) is -0.521. The van der Waals surface area contributed by atoms with Gasteiger partial charge in [-0.25, -0.2) is 0 Å². The summed E-state index contributed by atoms with van der Waals surface area (Å²) in [7, 11) is 0. The van der Waals surface area contributed by atoms with Gasteiger partial charge >= 0.3 is 0 Å². The predicted octanol–water partition coefficient (Wildman–Crippen LogP) is 4.59. The number of ketones is 1. The molecule has 2 atom stereocenters. The largest absolute Gasteiger partial charge is 0.494 e. The van der Waals surface area contributed by atoms with Gasteiger partial charge in [0.05, 0.1) is 12.0 Å². The Labute approximate surface area is 150 Å². The van der Waals surface area contributed by atoms with Gasteiger partial charge < -0.3 is 10.1 Å². The first-order valence-corrected chi connectivity index (χ1v) is 9.34. The maximum atomic E-state index is 13.1. The highest BCUT2D eigenvalue weighted by Crippen LogP contribution is 2.70. The van der Waals surface area contributed by atoms with Crippen LogP contribution in [0.1, 0.15) is 59.8 Å². The fourth-order valence-corrected chi connectivity index (χ4v) is 4.58. The number of anilines is 1. The van der Waals surface area contributed by atoms with Crippen LogP contribution in [-0.2, 0) is 9.59 Å². The predicted molar refractivity (Wildman–Crippen MR) is 98.7 cm³/mol. The van der Waals surface area contributed by atoms with Crippen molar-refractivity contribution < 1.29 is 14.3 Å². The van der Waals surface area contributed by atoms with E-state index in [1.54, 1.807) is 0 Å². The van der Waals surface area contributed by atoms with E-state index in [9.17, 15) is 9.59 Å². The van der Waals surface area contributed by atoms with E-state index in [0.29, 0.717) is 13.0 Å². The number of carbonyl (C=O) groups excluding carboxylic acids is 2. The third-order valence-corrected chi connectivity index (χ3v) is 7.02. The zero-order valence-corrected chi connectivity index (χ0v) is 15.8. The molecule has 4 nitrogen and oxygen atoms in total. The molecule has 2 saturated carbocycles. The van der Waals surface area contributed by atoms with Gasteiger partial charge in [-0.15, -0.1) is 0 Å². The van der Waals surface area contributed by atoms with Gasteiger partial charge in [0.25, 0.3) is 0 Å². The molecule has 1 amide bonds. The maximum absolute atomic E-state index is 13.1. The van der Waals surface area contributed by atoms with E-state index in [1.807, 2.05) is 31.2 Å². The quantitative estimate of drug-likeness (QED) is 0.769. The number of rotatable bonds is 6. The molecular formula is C21H29NO3. The molecule has 2 fully saturated rings. The van der Waals surface area contributed by atoms with Gasteiger partial charge in [0.2, 0.25) is 5.91 Å². The lowest BCUT2D eigenvalue weighted by atomic mass is 9.64. The molecule has 2 aliphatic rings. The number of ether oxygens (including phenoxy) is 1. The summed E-state index contributed by atoms with van der Waals surface area (Å²) in [5, 5.41) is 3.04. The minimum Gasteiger partial charge on any atom is -0.494 e. The van der Waals surface area contributed by atoms with Crippen LogP contribution in [0.15, 0.2) is 24.3 Å². The van der Waals surface area contributed by atoms with Crippen LogP contribution in [0.2, 0.25) is 0 Å². The molecule has 2 bridgehead atoms. The zero-order valence-electron chi connectivity index (χ0n) is 15.8. The van der Waals surface area contributed by atoms with Gasteiger partial charge in [-0.2, -0.15) is 0 Å². The van der Waals surface area contributed by atoms with Crippen LogP contribution >= 0.6 is 0 Å². The molecular weight excluding hydrogens is 314 g/mol. The topological polar surface area (TPSA) is 55.4 Å². The monoisotopic (exact) mass is 343 g/mol. The Morgan fingerprint density at radius 2 is 1.84 bits per heavy atom. The molecule has 0 aliphatic heterocycles. The normalized spacial score (nSPS) is 29.7. The van der Waals surface area contributed by atoms with Gasteiger partial charge in [-0.05, 0) is 48.9 Å². The van der Waals surface area contributed by atoms with E-state index < -0.39 is 5.41 Å². The van der Waals surface area contributed by atoms with Gasteiger partial charge in [0, 0.05) is 17.5 Å². The van der Waals surface area contributed by atoms with Crippen LogP contribution in [0, 0.1) is 16.2 Å². The number of hydrogen-bond donors (Lipinski definition) is 1. The van der Waals surface area contributed by atoms with Crippen molar-refractivity contribution in [3.63, 3.8) is 0 Å². The van der Waals surface area contributed by atoms with Crippen molar-refractivity contribution in [3.8, 4) is 5.75 Å². The number of hydrogen-bond acceptors (Lipinski definition) is 3. The lowest BCUT2D eigenvalue weighted by molar-refractivity contribution is -0.131. The van der Waals surface area contributed by atoms with Crippen molar-refractivity contribution in [3.05, 3.63) is 24.3 Å². The standard InChI is InChI=1S/C21H29NO3/c1-5-6-13-25-16-9-7-15(8-10-16)22-18(24)21-12-11-20(4,17(23)14-21)19(21,2)3/h7-10H,5-6,11-14H2,1-4H3,(H,22,24)/t20-,21-/m0/s1. The summed E-state index contributed by atoms with van der Waals surface area (Å²) in [6, 6.07) is 7.50. The Hall–Kier alpha value is -1.84. The van der Waals surface area contributed by atoms with Crippen LogP contribution in [0.4, 0.5) is 5.69 Å². The van der Waals surface area contributed by atoms with Gasteiger partial charge in [-0.1, -0.05) is 34.1 Å². The number of unbranched alkanes of at least 4 members (excludes halogenated alkanes) is 1. The summed E-state index contributed by atoms with van der Waals surface area (Å²) >= 11 is 0. The second kappa shape index (κ2) is 6.15. The summed E-state index contributed by atoms with van der Waals surface area (Å²) in [5.74, 6) is 1.03. The molecule has 2 aliphatic carbocycles. The highest BCUT2D eigenvalue weighted by Gasteiger charge is 2.72. The number of nitrogens with one attached hydrogen (secondary N) is 1. The van der Waals surface area contributed by atoms with Crippen LogP contribution in [0.5, 0.6) is 5.75 Å². The van der Waals surface area contributed by atoms with Crippen LogP contribution in [0.25, 0.3) is 0 Å². The first-order valence-electron chi connectivity index (χ1n) is 9.34. The molecule has 136 valence electrons. The highest BCUT2D eigenvalue weighted by atomic mass is 16.5. The SMILES string of the molecule is CCCCOc1ccc(NC(=O)[C@]23CC[C@@](C)(C(=O)C2)C3(C)C)cc1. The fourth-order valence-electron chi connectivity index (χ4n) is 4.58. The third-order valence-electron chi connectivity index (χ3n) is 7.02. The molecule has 1 aromatic rings. The molecule has 0 saturated heterocycles. The summed E-state index contributed by atoms with van der Waals surface area (Å²) < 4.78 is 5.66. The lowest BCUT2D eigenvalue weighted by Gasteiger charge is -2.38. The molecule has 3 rings (SSSR count). The van der Waals surface area contributed by atoms with E-state index in [0.717, 1.165) is 37.1 Å². The van der Waals surface area contributed by atoms with Crippen molar-refractivity contribution in [1.29, 1.82) is 0 Å². The number of Topliss-reactive ketones (excluding diaryl/α,β-unsaturated/α-hetero) is 1. The number of amides is 1. The average molecular weight is 343 g/mol. The van der Waals surface area contributed by atoms with E-state index in [1.165, 1.54) is 0 Å². The minimum absolute atomic E-state index is 0.0215. The van der Waals surface area contributed by atoms with E-state index >= 15 is 0 Å². The van der Waals surface area contributed by atoms with Gasteiger partial charge in [0.1, 0.15) is 11.5 Å². The van der Waals surface area contributed by atoms with E-state index in [2.05, 4.69) is 26.1 Å². The third kappa shape index (κ3) is 2.57. The van der Waals surface area contributed by atoms with Gasteiger partial charge in [0.15, 0.2) is 0 Å². The maximum Gasteiger partial charge on any atom is 0.231 e. The van der Waals surface area contributed by atoms with Crippen molar-refractivity contribution >= 4 is 17.4 Å². The second-order valence-corrected chi connectivity index (χ2v) is 8.32. The summed E-state index contributed by atoms with van der Waals surface area (Å²) in [6.45, 7) is 9.02. The van der Waals surface area contributed by atoms with Crippen molar-refractivity contribution in [2.75, 3.05) is 11.9 Å². The van der Waals surface area contributed by atoms with E-state index in [-0.39, 0.29) is 22.5 Å². The molecule has 0 radical (unpaired) electrons. The average Bonchev–Trinajstić information content (AvgIpc) is 2.87. The van der Waals surface area contributed by atoms with Crippen LogP contribution < -0.4 is 10.1 Å². The molecule has 1 N–H and O–H groups in total. The second-order valence-electron chi connectivity index (χ2n) is 8.32. The Bertz CT molecular complexity index is 679. The Morgan fingerprint density at radius 3 is 2.36 bits per heavy atom. The molecule has 25 heavy (non-hydrogen) atoms. The molecule has 0 heterocycles. The van der Waals surface area contributed by atoms with Crippen LogP contribution in [0.3, 0.4) is 0 Å². The molecule has 0 unspecified atom stereocenters. The first kappa shape index (κ1) is 18.0. The van der Waals surface area contributed by atoms with Crippen LogP contribution in [-0.4, -0.2) is 18.3 Å². The first-order chi connectivity index (χ1) is 11.8. The highest BCUT2D eigenvalue weighted by molar-refractivity contribution is 6.04. The lowest BCUT2D eigenvalue weighted by Crippen LogP contribution is -2.43.